The van der Waals surface area contributed by atoms with Crippen LogP contribution in [-0.4, -0.2) is 6.16 Å². The summed E-state index contributed by atoms with van der Waals surface area (Å²) < 4.78 is 0. The van der Waals surface area contributed by atoms with E-state index >= 15 is 0 Å². The first-order valence-corrected chi connectivity index (χ1v) is 12.5. The standard InChI is InChI=1S/C14H14P.2Au.2ClH/c1-2-15(13-9-5-3-6-10-13)14-11-7-4-8-12-14;;;;/h3-12H,1-2H2;;;2*1H/q-1;2*+1;;/p-1. The van der Waals surface area contributed by atoms with Gasteiger partial charge < -0.3 is 6.92 Å². The Kier molecular flexibility index (Phi) is 14.6. The normalized spacial score (nSPS) is 9.05. The van der Waals surface area contributed by atoms with Crippen molar-refractivity contribution in [3.63, 3.8) is 0 Å². The van der Waals surface area contributed by atoms with Crippen LogP contribution in [0, 0.1) is 6.92 Å². The predicted molar refractivity (Wildman–Crippen MR) is 82.4 cm³/mol. The summed E-state index contributed by atoms with van der Waals surface area (Å²) in [6.45, 7) is 4.08. The summed E-state index contributed by atoms with van der Waals surface area (Å²) in [6.07, 6.45) is 0.999. The summed E-state index contributed by atoms with van der Waals surface area (Å²) >= 11 is 3.50. The third-order valence-corrected chi connectivity index (χ3v) is 5.06. The van der Waals surface area contributed by atoms with Crippen molar-refractivity contribution in [3.8, 4) is 0 Å². The molecule has 19 heavy (non-hydrogen) atoms. The van der Waals surface area contributed by atoms with Gasteiger partial charge in [0.15, 0.2) is 0 Å². The van der Waals surface area contributed by atoms with Crippen molar-refractivity contribution >= 4 is 36.9 Å². The van der Waals surface area contributed by atoms with Gasteiger partial charge in [-0.15, -0.1) is 0 Å². The number of rotatable bonds is 3. The molecule has 0 fully saturated rings. The van der Waals surface area contributed by atoms with Crippen LogP contribution >= 0.6 is 26.3 Å². The summed E-state index contributed by atoms with van der Waals surface area (Å²) in [5.74, 6) is 0. The van der Waals surface area contributed by atoms with Gasteiger partial charge in [-0.1, -0.05) is 42.6 Å². The molecule has 0 nitrogen and oxygen atoms in total. The van der Waals surface area contributed by atoms with Gasteiger partial charge in [-0.2, -0.15) is 0 Å². The fourth-order valence-electron chi connectivity index (χ4n) is 1.73. The molecule has 0 amide bonds. The second kappa shape index (κ2) is 13.9. The first kappa shape index (κ1) is 19.9. The maximum absolute atomic E-state index is 4.58. The zero-order chi connectivity index (χ0) is 14.5. The van der Waals surface area contributed by atoms with E-state index in [1.165, 1.54) is 10.6 Å². The van der Waals surface area contributed by atoms with E-state index in [4.69, 9.17) is 0 Å². The van der Waals surface area contributed by atoms with Crippen molar-refractivity contribution in [3.05, 3.63) is 67.6 Å². The van der Waals surface area contributed by atoms with Gasteiger partial charge in [0.1, 0.15) is 0 Å². The zero-order valence-corrected chi connectivity index (χ0v) is 16.9. The topological polar surface area (TPSA) is 0 Å². The zero-order valence-electron chi connectivity index (χ0n) is 10.0. The fourth-order valence-corrected chi connectivity index (χ4v) is 3.83. The Morgan fingerprint density at radius 1 is 0.737 bits per heavy atom. The monoisotopic (exact) mass is 678 g/mol. The first-order valence-electron chi connectivity index (χ1n) is 5.40. The van der Waals surface area contributed by atoms with E-state index in [-0.39, 0.29) is 0 Å². The van der Waals surface area contributed by atoms with Crippen molar-refractivity contribution in [2.45, 2.75) is 0 Å². The van der Waals surface area contributed by atoms with Crippen LogP contribution in [0.2, 0.25) is 0 Å². The molecular weight excluding hydrogens is 664 g/mol. The second-order valence-corrected chi connectivity index (χ2v) is 6.07. The summed E-state index contributed by atoms with van der Waals surface area (Å²) in [4.78, 5) is 0. The minimum atomic E-state index is -0.650. The van der Waals surface area contributed by atoms with Gasteiger partial charge in [0.05, 0.1) is 10.6 Å². The molecule has 0 N–H and O–H groups in total. The van der Waals surface area contributed by atoms with Gasteiger partial charge in [0.25, 0.3) is 0 Å². The van der Waals surface area contributed by atoms with E-state index in [2.05, 4.69) is 86.0 Å². The third-order valence-electron chi connectivity index (χ3n) is 2.49. The number of hydrogen-bond acceptors (Lipinski definition) is 0. The third kappa shape index (κ3) is 7.48. The summed E-state index contributed by atoms with van der Waals surface area (Å²) in [5, 5.41) is 2.90. The van der Waals surface area contributed by atoms with Crippen LogP contribution in [0.1, 0.15) is 0 Å². The molecule has 0 heterocycles. The molecule has 0 bridgehead atoms. The van der Waals surface area contributed by atoms with Gasteiger partial charge in [0.2, 0.25) is 0 Å². The molecule has 0 aliphatic carbocycles. The van der Waals surface area contributed by atoms with Crippen LogP contribution in [0.25, 0.3) is 0 Å². The molecule has 2 aromatic carbocycles. The Balaban J connectivity index is 0.000000741. The van der Waals surface area contributed by atoms with Crippen molar-refractivity contribution in [1.82, 2.24) is 0 Å². The molecule has 0 radical (unpaired) electrons. The Bertz CT molecular complexity index is 373. The molecule has 0 aliphatic heterocycles. The molecule has 0 spiro atoms. The number of halogens is 2. The van der Waals surface area contributed by atoms with E-state index in [0.29, 0.717) is 0 Å². The molecule has 5 heteroatoms. The minimum absolute atomic E-state index is 0.650. The van der Waals surface area contributed by atoms with Crippen molar-refractivity contribution in [1.29, 1.82) is 0 Å². The molecule has 2 rings (SSSR count). The molecule has 0 unspecified atom stereocenters. The van der Waals surface area contributed by atoms with Crippen molar-refractivity contribution in [2.75, 3.05) is 6.16 Å². The van der Waals surface area contributed by atoms with E-state index in [1.807, 2.05) is 0 Å². The molecule has 0 aliphatic rings. The summed E-state index contributed by atoms with van der Waals surface area (Å²) in [6, 6.07) is 21.4. The van der Waals surface area contributed by atoms with Gasteiger partial charge in [-0.25, -0.2) is 0 Å². The number of benzene rings is 2. The van der Waals surface area contributed by atoms with Gasteiger partial charge in [-0.3, -0.25) is 0 Å². The summed E-state index contributed by atoms with van der Waals surface area (Å²) in [5.41, 5.74) is 0. The van der Waals surface area contributed by atoms with Crippen molar-refractivity contribution < 1.29 is 40.0 Å². The molecule has 0 atom stereocenters. The van der Waals surface area contributed by atoms with Crippen molar-refractivity contribution in [2.24, 2.45) is 0 Å². The Hall–Kier alpha value is 0.931. The van der Waals surface area contributed by atoms with Crippen LogP contribution in [0.5, 0.6) is 0 Å². The number of hydrogen-bond donors (Lipinski definition) is 0. The van der Waals surface area contributed by atoms with Gasteiger partial charge in [-0.05, 0) is 24.3 Å². The fraction of sp³-hybridized carbons (Fsp3) is 0.0714. The van der Waals surface area contributed by atoms with Crippen LogP contribution in [0.3, 0.4) is 0 Å². The van der Waals surface area contributed by atoms with Crippen LogP contribution < -0.4 is 10.6 Å². The van der Waals surface area contributed by atoms with E-state index in [9.17, 15) is 0 Å². The average molecular weight is 679 g/mol. The average Bonchev–Trinajstić information content (AvgIpc) is 2.54. The Morgan fingerprint density at radius 3 is 1.32 bits per heavy atom. The Morgan fingerprint density at radius 2 is 1.05 bits per heavy atom. The van der Waals surface area contributed by atoms with Crippen LogP contribution in [-0.2, 0) is 40.0 Å². The quantitative estimate of drug-likeness (QED) is 0.261. The molecule has 112 valence electrons. The Labute approximate surface area is 149 Å². The van der Waals surface area contributed by atoms with Crippen LogP contribution in [0.15, 0.2) is 60.7 Å². The molecule has 0 saturated carbocycles. The van der Waals surface area contributed by atoms with Gasteiger partial charge >= 0.3 is 58.4 Å². The maximum atomic E-state index is 4.58. The molecular formula is C14H15Au2Cl2P. The second-order valence-electron chi connectivity index (χ2n) is 3.46. The van der Waals surface area contributed by atoms with E-state index in [0.717, 1.165) is 6.16 Å². The predicted octanol–water partition coefficient (Wildman–Crippen LogP) is 4.06. The van der Waals surface area contributed by atoms with E-state index < -0.39 is 7.92 Å². The SMILES string of the molecule is [CH2-]C[PH+](c1ccccc1)c1ccccc1.[Cl][Au].[Cl][Au]. The summed E-state index contributed by atoms with van der Waals surface area (Å²) in [7, 11) is 8.52. The van der Waals surface area contributed by atoms with E-state index in [1.54, 1.807) is 40.0 Å². The first-order chi connectivity index (χ1) is 9.42. The molecule has 0 saturated heterocycles. The molecule has 0 aromatic heterocycles. The molecule has 2 aromatic rings. The van der Waals surface area contributed by atoms with Gasteiger partial charge in [0, 0.05) is 7.92 Å². The van der Waals surface area contributed by atoms with Crippen LogP contribution in [0.4, 0.5) is 0 Å².